The van der Waals surface area contributed by atoms with E-state index in [1.54, 1.807) is 18.0 Å². The summed E-state index contributed by atoms with van der Waals surface area (Å²) < 4.78 is 1.83. The molecule has 3 aromatic rings. The van der Waals surface area contributed by atoms with Crippen LogP contribution in [0.25, 0.3) is 5.69 Å². The molecule has 1 N–H and O–H groups in total. The summed E-state index contributed by atoms with van der Waals surface area (Å²) in [6.07, 6.45) is 5.52. The molecule has 0 unspecified atom stereocenters. The zero-order valence-corrected chi connectivity index (χ0v) is 16.6. The summed E-state index contributed by atoms with van der Waals surface area (Å²) in [6, 6.07) is 16.4. The summed E-state index contributed by atoms with van der Waals surface area (Å²) in [5.41, 5.74) is 5.63. The molecule has 3 rings (SSSR count). The summed E-state index contributed by atoms with van der Waals surface area (Å²) in [7, 11) is 0. The van der Waals surface area contributed by atoms with Crippen LogP contribution < -0.4 is 5.32 Å². The summed E-state index contributed by atoms with van der Waals surface area (Å²) >= 11 is 1.63. The molecular weight excluding hydrogens is 354 g/mol. The first-order chi connectivity index (χ1) is 13.2. The number of aromatic nitrogens is 2. The van der Waals surface area contributed by atoms with Crippen LogP contribution in [0.5, 0.6) is 0 Å². The molecule has 4 nitrogen and oxygen atoms in total. The zero-order valence-electron chi connectivity index (χ0n) is 15.8. The number of para-hydroxylation sites is 1. The third-order valence-electron chi connectivity index (χ3n) is 4.47. The first-order valence-corrected chi connectivity index (χ1v) is 10.4. The predicted molar refractivity (Wildman–Crippen MR) is 114 cm³/mol. The van der Waals surface area contributed by atoms with Crippen LogP contribution in [0.4, 0.5) is 5.69 Å². The van der Waals surface area contributed by atoms with Crippen LogP contribution in [0.1, 0.15) is 30.5 Å². The molecule has 0 aliphatic rings. The number of nitrogens with one attached hydrogen (secondary N) is 1. The molecule has 0 spiro atoms. The van der Waals surface area contributed by atoms with E-state index in [0.717, 1.165) is 30.0 Å². The van der Waals surface area contributed by atoms with Gasteiger partial charge in [-0.1, -0.05) is 44.2 Å². The number of nitrogens with zero attached hydrogens (tertiary/aromatic N) is 2. The minimum absolute atomic E-state index is 0.0590. The monoisotopic (exact) mass is 379 g/mol. The number of aryl methyl sites for hydroxylation is 2. The predicted octanol–water partition coefficient (Wildman–Crippen LogP) is 4.87. The minimum atomic E-state index is 0.0590. The standard InChI is InChI=1S/C22H25N3OS/c1-3-18-7-5-8-19(4-2)22(18)24-21(26)16-27-15-17-9-11-20(12-10-17)25-14-6-13-23-25/h5-14H,3-4,15-16H2,1-2H3,(H,24,26). The molecular formula is C22H25N3OS. The topological polar surface area (TPSA) is 46.9 Å². The maximum atomic E-state index is 12.4. The van der Waals surface area contributed by atoms with Crippen molar-refractivity contribution in [2.24, 2.45) is 0 Å². The van der Waals surface area contributed by atoms with Crippen molar-refractivity contribution in [1.29, 1.82) is 0 Å². The molecule has 0 bridgehead atoms. The third-order valence-corrected chi connectivity index (χ3v) is 5.47. The lowest BCUT2D eigenvalue weighted by atomic mass is 10.0. The van der Waals surface area contributed by atoms with Crippen LogP contribution >= 0.6 is 11.8 Å². The largest absolute Gasteiger partial charge is 0.325 e. The van der Waals surface area contributed by atoms with Gasteiger partial charge >= 0.3 is 0 Å². The Bertz CT molecular complexity index is 851. The van der Waals surface area contributed by atoms with Gasteiger partial charge in [0.2, 0.25) is 5.91 Å². The van der Waals surface area contributed by atoms with E-state index < -0.39 is 0 Å². The van der Waals surface area contributed by atoms with E-state index in [4.69, 9.17) is 0 Å². The summed E-state index contributed by atoms with van der Waals surface area (Å²) in [5, 5.41) is 7.35. The highest BCUT2D eigenvalue weighted by atomic mass is 32.2. The Kier molecular flexibility index (Phi) is 6.71. The lowest BCUT2D eigenvalue weighted by Gasteiger charge is -2.14. The summed E-state index contributed by atoms with van der Waals surface area (Å²) in [4.78, 5) is 12.4. The molecule has 27 heavy (non-hydrogen) atoms. The van der Waals surface area contributed by atoms with Crippen molar-refractivity contribution in [2.75, 3.05) is 11.1 Å². The molecule has 0 saturated heterocycles. The van der Waals surface area contributed by atoms with Gasteiger partial charge in [0.25, 0.3) is 0 Å². The first-order valence-electron chi connectivity index (χ1n) is 9.28. The maximum absolute atomic E-state index is 12.4. The Morgan fingerprint density at radius 3 is 2.33 bits per heavy atom. The fourth-order valence-electron chi connectivity index (χ4n) is 3.01. The second-order valence-corrected chi connectivity index (χ2v) is 7.30. The Morgan fingerprint density at radius 2 is 1.74 bits per heavy atom. The Morgan fingerprint density at radius 1 is 1.04 bits per heavy atom. The molecule has 0 aliphatic carbocycles. The van der Waals surface area contributed by atoms with Gasteiger partial charge in [0.1, 0.15) is 0 Å². The number of rotatable bonds is 8. The van der Waals surface area contributed by atoms with Crippen LogP contribution in [-0.4, -0.2) is 21.4 Å². The third kappa shape index (κ3) is 5.01. The van der Waals surface area contributed by atoms with Gasteiger partial charge in [-0.05, 0) is 47.7 Å². The lowest BCUT2D eigenvalue weighted by molar-refractivity contribution is -0.113. The highest BCUT2D eigenvalue weighted by Gasteiger charge is 2.10. The highest BCUT2D eigenvalue weighted by molar-refractivity contribution is 7.99. The van der Waals surface area contributed by atoms with Gasteiger partial charge in [-0.3, -0.25) is 4.79 Å². The smallest absolute Gasteiger partial charge is 0.234 e. The maximum Gasteiger partial charge on any atom is 0.234 e. The van der Waals surface area contributed by atoms with Crippen LogP contribution in [0.2, 0.25) is 0 Å². The van der Waals surface area contributed by atoms with Crippen LogP contribution in [0, 0.1) is 0 Å². The average molecular weight is 380 g/mol. The van der Waals surface area contributed by atoms with Crippen molar-refractivity contribution in [3.8, 4) is 5.69 Å². The lowest BCUT2D eigenvalue weighted by Crippen LogP contribution is -2.16. The second kappa shape index (κ2) is 9.42. The van der Waals surface area contributed by atoms with E-state index in [9.17, 15) is 4.79 Å². The van der Waals surface area contributed by atoms with Gasteiger partial charge in [0.05, 0.1) is 11.4 Å². The van der Waals surface area contributed by atoms with Crippen molar-refractivity contribution in [3.05, 3.63) is 77.6 Å². The van der Waals surface area contributed by atoms with Crippen LogP contribution in [-0.2, 0) is 23.4 Å². The molecule has 5 heteroatoms. The van der Waals surface area contributed by atoms with Crippen molar-refractivity contribution in [2.45, 2.75) is 32.4 Å². The van der Waals surface area contributed by atoms with Crippen LogP contribution in [0.3, 0.4) is 0 Å². The van der Waals surface area contributed by atoms with E-state index in [2.05, 4.69) is 54.6 Å². The van der Waals surface area contributed by atoms with Crippen molar-refractivity contribution in [1.82, 2.24) is 9.78 Å². The van der Waals surface area contributed by atoms with Gasteiger partial charge in [0, 0.05) is 23.8 Å². The molecule has 1 amide bonds. The first kappa shape index (κ1) is 19.2. The number of benzene rings is 2. The molecule has 0 aliphatic heterocycles. The fraction of sp³-hybridized carbons (Fsp3) is 0.273. The normalized spacial score (nSPS) is 10.7. The van der Waals surface area contributed by atoms with Gasteiger partial charge in [0.15, 0.2) is 0 Å². The van der Waals surface area contributed by atoms with E-state index in [0.29, 0.717) is 5.75 Å². The number of anilines is 1. The van der Waals surface area contributed by atoms with E-state index in [1.807, 2.05) is 29.1 Å². The van der Waals surface area contributed by atoms with Crippen LogP contribution in [0.15, 0.2) is 60.9 Å². The average Bonchev–Trinajstić information content (AvgIpc) is 3.23. The summed E-state index contributed by atoms with van der Waals surface area (Å²) in [5.74, 6) is 1.31. The van der Waals surface area contributed by atoms with E-state index >= 15 is 0 Å². The molecule has 1 aromatic heterocycles. The molecule has 2 aromatic carbocycles. The number of hydrogen-bond acceptors (Lipinski definition) is 3. The van der Waals surface area contributed by atoms with E-state index in [1.165, 1.54) is 16.7 Å². The fourth-order valence-corrected chi connectivity index (χ4v) is 3.79. The Hall–Kier alpha value is -2.53. The SMILES string of the molecule is CCc1cccc(CC)c1NC(=O)CSCc1ccc(-n2cccn2)cc1. The van der Waals surface area contributed by atoms with Gasteiger partial charge in [-0.25, -0.2) is 4.68 Å². The number of carbonyl (C=O) groups is 1. The molecule has 0 atom stereocenters. The Labute approximate surface area is 165 Å². The summed E-state index contributed by atoms with van der Waals surface area (Å²) in [6.45, 7) is 4.23. The zero-order chi connectivity index (χ0) is 19.1. The van der Waals surface area contributed by atoms with Gasteiger partial charge in [-0.15, -0.1) is 11.8 Å². The minimum Gasteiger partial charge on any atom is -0.325 e. The van der Waals surface area contributed by atoms with Crippen molar-refractivity contribution in [3.63, 3.8) is 0 Å². The molecule has 1 heterocycles. The second-order valence-electron chi connectivity index (χ2n) is 6.32. The van der Waals surface area contributed by atoms with Crippen molar-refractivity contribution < 1.29 is 4.79 Å². The molecule has 0 radical (unpaired) electrons. The number of amides is 1. The molecule has 140 valence electrons. The number of carbonyl (C=O) groups excluding carboxylic acids is 1. The number of thioether (sulfide) groups is 1. The quantitative estimate of drug-likeness (QED) is 0.607. The molecule has 0 saturated carbocycles. The number of hydrogen-bond donors (Lipinski definition) is 1. The van der Waals surface area contributed by atoms with Crippen molar-refractivity contribution >= 4 is 23.4 Å². The van der Waals surface area contributed by atoms with Gasteiger partial charge in [-0.2, -0.15) is 5.10 Å². The van der Waals surface area contributed by atoms with Gasteiger partial charge < -0.3 is 5.32 Å². The highest BCUT2D eigenvalue weighted by Crippen LogP contribution is 2.23. The Balaban J connectivity index is 1.53. The van der Waals surface area contributed by atoms with E-state index in [-0.39, 0.29) is 5.91 Å². The molecule has 0 fully saturated rings.